The van der Waals surface area contributed by atoms with E-state index >= 15 is 0 Å². The SMILES string of the molecule is CCCCc1ccc[c-]1CCCC.CCCCc1ccc[c-]1CCCC.[Mg+2]. The molecular weight excluding hydrogens is 337 g/mol. The molecule has 0 N–H and O–H groups in total. The van der Waals surface area contributed by atoms with Crippen LogP contribution in [0.25, 0.3) is 0 Å². The van der Waals surface area contributed by atoms with Crippen molar-refractivity contribution in [2.24, 2.45) is 0 Å². The molecule has 0 bridgehead atoms. The number of unbranched alkanes of at least 4 members (excludes halogenated alkanes) is 4. The van der Waals surface area contributed by atoms with Crippen LogP contribution >= 0.6 is 0 Å². The molecule has 0 nitrogen and oxygen atoms in total. The molecule has 0 amide bonds. The molecule has 2 aromatic rings. The minimum Gasteiger partial charge on any atom is -0.213 e. The predicted molar refractivity (Wildman–Crippen MR) is 124 cm³/mol. The van der Waals surface area contributed by atoms with Gasteiger partial charge in [-0.05, 0) is 0 Å². The third-order valence-corrected chi connectivity index (χ3v) is 5.21. The van der Waals surface area contributed by atoms with Crippen molar-refractivity contribution in [2.45, 2.75) is 105 Å². The Morgan fingerprint density at radius 1 is 0.593 bits per heavy atom. The van der Waals surface area contributed by atoms with E-state index in [1.54, 1.807) is 22.3 Å². The largest absolute Gasteiger partial charge is 2.00 e. The molecule has 0 aromatic heterocycles. The van der Waals surface area contributed by atoms with Crippen LogP contribution in [-0.2, 0) is 25.7 Å². The molecule has 2 aromatic carbocycles. The quantitative estimate of drug-likeness (QED) is 0.261. The first-order chi connectivity index (χ1) is 12.8. The Hall–Kier alpha value is -0.534. The number of aryl methyl sites for hydroxylation is 4. The first-order valence-corrected chi connectivity index (χ1v) is 11.2. The fraction of sp³-hybridized carbons (Fsp3) is 0.615. The van der Waals surface area contributed by atoms with Crippen LogP contribution in [0.15, 0.2) is 36.4 Å². The van der Waals surface area contributed by atoms with Gasteiger partial charge in [0.25, 0.3) is 0 Å². The molecule has 0 spiro atoms. The van der Waals surface area contributed by atoms with E-state index in [1.165, 1.54) is 77.0 Å². The average Bonchev–Trinajstić information content (AvgIpc) is 3.30. The van der Waals surface area contributed by atoms with Crippen LogP contribution < -0.4 is 0 Å². The summed E-state index contributed by atoms with van der Waals surface area (Å²) < 4.78 is 0. The zero-order chi connectivity index (χ0) is 19.0. The summed E-state index contributed by atoms with van der Waals surface area (Å²) in [6, 6.07) is 13.6. The third-order valence-electron chi connectivity index (χ3n) is 5.21. The molecule has 0 fully saturated rings. The summed E-state index contributed by atoms with van der Waals surface area (Å²) in [7, 11) is 0. The van der Waals surface area contributed by atoms with E-state index in [4.69, 9.17) is 0 Å². The second-order valence-corrected chi connectivity index (χ2v) is 7.57. The van der Waals surface area contributed by atoms with E-state index in [0.29, 0.717) is 0 Å². The van der Waals surface area contributed by atoms with Gasteiger partial charge in [-0.25, -0.2) is 24.3 Å². The van der Waals surface area contributed by atoms with E-state index in [-0.39, 0.29) is 23.1 Å². The van der Waals surface area contributed by atoms with Gasteiger partial charge in [0.1, 0.15) is 0 Å². The number of hydrogen-bond acceptors (Lipinski definition) is 0. The minimum atomic E-state index is 0. The second kappa shape index (κ2) is 17.6. The summed E-state index contributed by atoms with van der Waals surface area (Å²) in [5, 5.41) is 0. The maximum atomic E-state index is 2.29. The van der Waals surface area contributed by atoms with Gasteiger partial charge in [-0.1, -0.05) is 105 Å². The molecule has 148 valence electrons. The molecule has 0 heterocycles. The van der Waals surface area contributed by atoms with Crippen LogP contribution in [0.2, 0.25) is 0 Å². The van der Waals surface area contributed by atoms with Gasteiger partial charge in [0.05, 0.1) is 0 Å². The molecule has 0 saturated heterocycles. The summed E-state index contributed by atoms with van der Waals surface area (Å²) in [5.41, 5.74) is 6.37. The Morgan fingerprint density at radius 3 is 1.30 bits per heavy atom. The van der Waals surface area contributed by atoms with E-state index in [9.17, 15) is 0 Å². The summed E-state index contributed by atoms with van der Waals surface area (Å²) in [5.74, 6) is 0. The minimum absolute atomic E-state index is 0. The first kappa shape index (κ1) is 26.5. The van der Waals surface area contributed by atoms with Crippen LogP contribution in [0.5, 0.6) is 0 Å². The third kappa shape index (κ3) is 11.1. The van der Waals surface area contributed by atoms with Gasteiger partial charge in [0.2, 0.25) is 0 Å². The summed E-state index contributed by atoms with van der Waals surface area (Å²) >= 11 is 0. The molecule has 0 radical (unpaired) electrons. The zero-order valence-corrected chi connectivity index (χ0v) is 20.1. The van der Waals surface area contributed by atoms with Gasteiger partial charge in [0.15, 0.2) is 0 Å². The molecule has 1 heteroatoms. The monoisotopic (exact) mass is 378 g/mol. The van der Waals surface area contributed by atoms with E-state index < -0.39 is 0 Å². The Labute approximate surface area is 186 Å². The Morgan fingerprint density at radius 2 is 0.963 bits per heavy atom. The van der Waals surface area contributed by atoms with Gasteiger partial charge in [-0.3, -0.25) is 0 Å². The molecule has 0 saturated carbocycles. The molecule has 0 aliphatic rings. The smallest absolute Gasteiger partial charge is 0.213 e. The van der Waals surface area contributed by atoms with Crippen LogP contribution in [0, 0.1) is 0 Å². The van der Waals surface area contributed by atoms with Gasteiger partial charge in [-0.15, -0.1) is 0 Å². The zero-order valence-electron chi connectivity index (χ0n) is 18.7. The Kier molecular flexibility index (Phi) is 17.2. The van der Waals surface area contributed by atoms with Crippen molar-refractivity contribution in [3.8, 4) is 0 Å². The summed E-state index contributed by atoms with van der Waals surface area (Å²) in [6.07, 6.45) is 15.7. The van der Waals surface area contributed by atoms with Crippen molar-refractivity contribution < 1.29 is 0 Å². The van der Waals surface area contributed by atoms with Gasteiger partial charge < -0.3 is 0 Å². The van der Waals surface area contributed by atoms with Crippen LogP contribution in [0.1, 0.15) is 101 Å². The average molecular weight is 379 g/mol. The molecule has 0 aliphatic carbocycles. The van der Waals surface area contributed by atoms with Crippen molar-refractivity contribution in [3.63, 3.8) is 0 Å². The fourth-order valence-corrected chi connectivity index (χ4v) is 3.43. The van der Waals surface area contributed by atoms with Crippen molar-refractivity contribution in [1.82, 2.24) is 0 Å². The topological polar surface area (TPSA) is 0 Å². The Bertz CT molecular complexity index is 451. The summed E-state index contributed by atoms with van der Waals surface area (Å²) in [4.78, 5) is 0. The van der Waals surface area contributed by atoms with E-state index in [0.717, 1.165) is 0 Å². The van der Waals surface area contributed by atoms with Gasteiger partial charge in [-0.2, -0.15) is 34.4 Å². The van der Waals surface area contributed by atoms with E-state index in [2.05, 4.69) is 64.1 Å². The first-order valence-electron chi connectivity index (χ1n) is 11.2. The molecule has 0 unspecified atom stereocenters. The normalized spacial score (nSPS) is 10.2. The standard InChI is InChI=1S/2C13H21.Mg/c2*1-3-5-8-12-10-7-11-13(12)9-6-4-2;/h2*7,10-11H,3-6,8-9H2,1-2H3;/q2*-1;+2. The molecule has 0 aliphatic heterocycles. The van der Waals surface area contributed by atoms with Crippen LogP contribution in [0.3, 0.4) is 0 Å². The fourth-order valence-electron chi connectivity index (χ4n) is 3.43. The number of hydrogen-bond donors (Lipinski definition) is 0. The van der Waals surface area contributed by atoms with Crippen molar-refractivity contribution >= 4 is 23.1 Å². The van der Waals surface area contributed by atoms with Crippen LogP contribution in [-0.4, -0.2) is 23.1 Å². The van der Waals surface area contributed by atoms with Crippen LogP contribution in [0.4, 0.5) is 0 Å². The molecular formula is C26H42Mg. The van der Waals surface area contributed by atoms with Crippen molar-refractivity contribution in [2.75, 3.05) is 0 Å². The van der Waals surface area contributed by atoms with Crippen molar-refractivity contribution in [1.29, 1.82) is 0 Å². The van der Waals surface area contributed by atoms with Gasteiger partial charge >= 0.3 is 23.1 Å². The number of rotatable bonds is 12. The van der Waals surface area contributed by atoms with E-state index in [1.807, 2.05) is 0 Å². The van der Waals surface area contributed by atoms with Gasteiger partial charge in [0, 0.05) is 0 Å². The summed E-state index contributed by atoms with van der Waals surface area (Å²) in [6.45, 7) is 9.03. The molecule has 0 atom stereocenters. The second-order valence-electron chi connectivity index (χ2n) is 7.57. The molecule has 27 heavy (non-hydrogen) atoms. The molecule has 2 rings (SSSR count). The van der Waals surface area contributed by atoms with Crippen molar-refractivity contribution in [3.05, 3.63) is 58.7 Å². The maximum Gasteiger partial charge on any atom is 2.00 e. The Balaban J connectivity index is 0.000000483. The predicted octanol–water partition coefficient (Wildman–Crippen LogP) is 7.80. The maximum absolute atomic E-state index is 2.29.